The lowest BCUT2D eigenvalue weighted by Crippen LogP contribution is -2.38. The van der Waals surface area contributed by atoms with Crippen molar-refractivity contribution >= 4 is 45.3 Å². The van der Waals surface area contributed by atoms with Crippen molar-refractivity contribution in [3.63, 3.8) is 0 Å². The zero-order valence-corrected chi connectivity index (χ0v) is 17.2. The van der Waals surface area contributed by atoms with Crippen molar-refractivity contribution in [1.82, 2.24) is 10.7 Å². The summed E-state index contributed by atoms with van der Waals surface area (Å²) in [6.07, 6.45) is 2.26. The average molecular weight is 431 g/mol. The molecule has 0 saturated heterocycles. The number of hydrogen-bond donors (Lipinski definition) is 3. The number of amides is 2. The van der Waals surface area contributed by atoms with Gasteiger partial charge in [0.25, 0.3) is 0 Å². The van der Waals surface area contributed by atoms with Crippen molar-refractivity contribution < 1.29 is 9.59 Å². The van der Waals surface area contributed by atoms with Crippen LogP contribution in [0.4, 0.5) is 11.4 Å². The van der Waals surface area contributed by atoms with E-state index >= 15 is 0 Å². The van der Waals surface area contributed by atoms with E-state index < -0.39 is 11.8 Å². The lowest BCUT2D eigenvalue weighted by Gasteiger charge is -2.14. The predicted octanol–water partition coefficient (Wildman–Crippen LogP) is 3.79. The first-order valence-electron chi connectivity index (χ1n) is 8.66. The number of nitrogens with one attached hydrogen (secondary N) is 3. The number of para-hydroxylation sites is 1. The second-order valence-corrected chi connectivity index (χ2v) is 6.99. The van der Waals surface area contributed by atoms with E-state index in [0.717, 1.165) is 39.0 Å². The van der Waals surface area contributed by atoms with E-state index in [1.165, 1.54) is 6.21 Å². The summed E-state index contributed by atoms with van der Waals surface area (Å²) in [5, 5.41) is 9.84. The van der Waals surface area contributed by atoms with Gasteiger partial charge in [-0.1, -0.05) is 41.1 Å². The summed E-state index contributed by atoms with van der Waals surface area (Å²) >= 11 is 3.44. The lowest BCUT2D eigenvalue weighted by molar-refractivity contribution is -0.139. The molecular weight excluding hydrogens is 408 g/mol. The molecule has 0 aromatic heterocycles. The maximum absolute atomic E-state index is 11.7. The van der Waals surface area contributed by atoms with Gasteiger partial charge in [-0.05, 0) is 49.6 Å². The minimum Gasteiger partial charge on any atom is -0.355 e. The minimum absolute atomic E-state index is 0.450. The van der Waals surface area contributed by atoms with Crippen molar-refractivity contribution in [2.75, 3.05) is 11.9 Å². The van der Waals surface area contributed by atoms with E-state index in [1.54, 1.807) is 0 Å². The minimum atomic E-state index is -0.793. The Morgan fingerprint density at radius 1 is 1.11 bits per heavy atom. The Labute approximate surface area is 167 Å². The number of aryl methyl sites for hydroxylation is 2. The molecule has 0 atom stereocenters. The number of carbonyl (C=O) groups excluding carboxylic acids is 2. The SMILES string of the molecule is CCCNC(=O)C(=O)N/N=C\c1cc(Br)ccc1Nc1c(C)cccc1C. The van der Waals surface area contributed by atoms with Crippen LogP contribution in [-0.2, 0) is 9.59 Å². The van der Waals surface area contributed by atoms with E-state index in [4.69, 9.17) is 0 Å². The van der Waals surface area contributed by atoms with Crippen LogP contribution in [0.3, 0.4) is 0 Å². The largest absolute Gasteiger partial charge is 0.355 e. The molecule has 142 valence electrons. The molecule has 2 aromatic carbocycles. The lowest BCUT2D eigenvalue weighted by atomic mass is 10.1. The molecule has 0 spiro atoms. The van der Waals surface area contributed by atoms with Crippen LogP contribution in [0, 0.1) is 13.8 Å². The Morgan fingerprint density at radius 3 is 2.48 bits per heavy atom. The number of hydrazone groups is 1. The highest BCUT2D eigenvalue weighted by Gasteiger charge is 2.11. The third-order valence-electron chi connectivity index (χ3n) is 3.87. The molecule has 27 heavy (non-hydrogen) atoms. The summed E-state index contributed by atoms with van der Waals surface area (Å²) in [5.41, 5.74) is 7.13. The van der Waals surface area contributed by atoms with Crippen LogP contribution in [-0.4, -0.2) is 24.6 Å². The van der Waals surface area contributed by atoms with Gasteiger partial charge in [0, 0.05) is 28.0 Å². The van der Waals surface area contributed by atoms with Crippen LogP contribution >= 0.6 is 15.9 Å². The summed E-state index contributed by atoms with van der Waals surface area (Å²) in [5.74, 6) is -1.49. The van der Waals surface area contributed by atoms with E-state index in [9.17, 15) is 9.59 Å². The summed E-state index contributed by atoms with van der Waals surface area (Å²) in [4.78, 5) is 23.3. The molecule has 0 radical (unpaired) electrons. The van der Waals surface area contributed by atoms with Gasteiger partial charge in [0.2, 0.25) is 0 Å². The Morgan fingerprint density at radius 2 is 1.81 bits per heavy atom. The molecule has 0 unspecified atom stereocenters. The standard InChI is InChI=1S/C20H23BrN4O2/c1-4-10-22-19(26)20(27)25-23-12-15-11-16(21)8-9-17(15)24-18-13(2)6-5-7-14(18)3/h5-9,11-12,24H,4,10H2,1-3H3,(H,22,26)(H,25,27)/b23-12-. The normalized spacial score (nSPS) is 10.7. The molecule has 7 heteroatoms. The number of nitrogens with zero attached hydrogens (tertiary/aromatic N) is 1. The first-order chi connectivity index (χ1) is 12.9. The number of benzene rings is 2. The number of carbonyl (C=O) groups is 2. The highest BCUT2D eigenvalue weighted by molar-refractivity contribution is 9.10. The summed E-state index contributed by atoms with van der Waals surface area (Å²) < 4.78 is 0.878. The Hall–Kier alpha value is -2.67. The third kappa shape index (κ3) is 5.92. The van der Waals surface area contributed by atoms with Gasteiger partial charge in [0.1, 0.15) is 0 Å². The fourth-order valence-electron chi connectivity index (χ4n) is 2.43. The molecule has 0 saturated carbocycles. The van der Waals surface area contributed by atoms with E-state index in [1.807, 2.05) is 57.2 Å². The molecule has 0 aliphatic rings. The molecule has 0 fully saturated rings. The quantitative estimate of drug-likeness (QED) is 0.370. The number of anilines is 2. The van der Waals surface area contributed by atoms with Crippen molar-refractivity contribution in [2.24, 2.45) is 5.10 Å². The molecule has 0 aliphatic heterocycles. The van der Waals surface area contributed by atoms with Gasteiger partial charge in [-0.25, -0.2) is 5.43 Å². The second kappa shape index (κ2) is 9.87. The zero-order chi connectivity index (χ0) is 19.8. The van der Waals surface area contributed by atoms with Gasteiger partial charge < -0.3 is 10.6 Å². The second-order valence-electron chi connectivity index (χ2n) is 6.08. The molecule has 0 bridgehead atoms. The van der Waals surface area contributed by atoms with E-state index in [2.05, 4.69) is 37.1 Å². The Balaban J connectivity index is 2.16. The van der Waals surface area contributed by atoms with Crippen molar-refractivity contribution in [2.45, 2.75) is 27.2 Å². The fraction of sp³-hybridized carbons (Fsp3) is 0.250. The van der Waals surface area contributed by atoms with Gasteiger partial charge in [-0.2, -0.15) is 5.10 Å². The molecule has 2 aromatic rings. The maximum atomic E-state index is 11.7. The molecular formula is C20H23BrN4O2. The van der Waals surface area contributed by atoms with Crippen LogP contribution < -0.4 is 16.1 Å². The van der Waals surface area contributed by atoms with Crippen molar-refractivity contribution in [1.29, 1.82) is 0 Å². The molecule has 2 amide bonds. The monoisotopic (exact) mass is 430 g/mol. The van der Waals surface area contributed by atoms with E-state index in [0.29, 0.717) is 6.54 Å². The van der Waals surface area contributed by atoms with Gasteiger partial charge in [0.15, 0.2) is 0 Å². The summed E-state index contributed by atoms with van der Waals surface area (Å²) in [6, 6.07) is 11.8. The molecule has 6 nitrogen and oxygen atoms in total. The fourth-order valence-corrected chi connectivity index (χ4v) is 2.81. The number of halogens is 1. The number of rotatable bonds is 6. The molecule has 3 N–H and O–H groups in total. The van der Waals surface area contributed by atoms with Gasteiger partial charge in [0.05, 0.1) is 6.21 Å². The maximum Gasteiger partial charge on any atom is 0.329 e. The molecule has 0 aliphatic carbocycles. The topological polar surface area (TPSA) is 82.6 Å². The highest BCUT2D eigenvalue weighted by atomic mass is 79.9. The van der Waals surface area contributed by atoms with E-state index in [-0.39, 0.29) is 0 Å². The van der Waals surface area contributed by atoms with Crippen molar-refractivity contribution in [3.05, 3.63) is 57.6 Å². The van der Waals surface area contributed by atoms with Crippen LogP contribution in [0.15, 0.2) is 46.0 Å². The molecule has 2 rings (SSSR count). The first kappa shape index (κ1) is 20.6. The highest BCUT2D eigenvalue weighted by Crippen LogP contribution is 2.27. The van der Waals surface area contributed by atoms with Gasteiger partial charge >= 0.3 is 11.8 Å². The summed E-state index contributed by atoms with van der Waals surface area (Å²) in [6.45, 7) is 6.44. The molecule has 0 heterocycles. The Kier molecular flexibility index (Phi) is 7.55. The predicted molar refractivity (Wildman–Crippen MR) is 112 cm³/mol. The van der Waals surface area contributed by atoms with Crippen LogP contribution in [0.25, 0.3) is 0 Å². The average Bonchev–Trinajstić information content (AvgIpc) is 2.64. The van der Waals surface area contributed by atoms with Crippen LogP contribution in [0.1, 0.15) is 30.0 Å². The third-order valence-corrected chi connectivity index (χ3v) is 4.36. The van der Waals surface area contributed by atoms with Crippen molar-refractivity contribution in [3.8, 4) is 0 Å². The number of hydrogen-bond acceptors (Lipinski definition) is 4. The summed E-state index contributed by atoms with van der Waals surface area (Å²) in [7, 11) is 0. The first-order valence-corrected chi connectivity index (χ1v) is 9.45. The van der Waals surface area contributed by atoms with Gasteiger partial charge in [-0.15, -0.1) is 0 Å². The smallest absolute Gasteiger partial charge is 0.329 e. The Bertz CT molecular complexity index is 845. The van der Waals surface area contributed by atoms with Gasteiger partial charge in [-0.3, -0.25) is 9.59 Å². The zero-order valence-electron chi connectivity index (χ0n) is 15.6. The van der Waals surface area contributed by atoms with Crippen LogP contribution in [0.2, 0.25) is 0 Å². The van der Waals surface area contributed by atoms with Crippen LogP contribution in [0.5, 0.6) is 0 Å².